The number of thioether (sulfide) groups is 1. The third-order valence-corrected chi connectivity index (χ3v) is 5.26. The van der Waals surface area contributed by atoms with Gasteiger partial charge in [0.05, 0.1) is 11.3 Å². The van der Waals surface area contributed by atoms with Crippen LogP contribution in [-0.4, -0.2) is 9.97 Å². The highest BCUT2D eigenvalue weighted by atomic mass is 32.2. The minimum absolute atomic E-state index is 0.0302. The smallest absolute Gasteiger partial charge is 0.268 e. The van der Waals surface area contributed by atoms with Crippen LogP contribution in [0.1, 0.15) is 22.5 Å². The van der Waals surface area contributed by atoms with E-state index in [-0.39, 0.29) is 5.56 Å². The van der Waals surface area contributed by atoms with Crippen molar-refractivity contribution in [2.75, 3.05) is 0 Å². The van der Waals surface area contributed by atoms with E-state index in [0.29, 0.717) is 10.5 Å². The number of hydrogen-bond donors (Lipinski definition) is 1. The van der Waals surface area contributed by atoms with Crippen LogP contribution in [0.15, 0.2) is 34.4 Å². The molecule has 108 valence electrons. The van der Waals surface area contributed by atoms with Crippen LogP contribution in [0, 0.1) is 13.8 Å². The topological polar surface area (TPSA) is 45.8 Å². The number of rotatable bonds is 4. The lowest BCUT2D eigenvalue weighted by Gasteiger charge is -2.07. The van der Waals surface area contributed by atoms with Crippen LogP contribution in [-0.2, 0) is 11.5 Å². The van der Waals surface area contributed by atoms with Crippen LogP contribution in [0.25, 0.3) is 10.2 Å². The molecule has 0 radical (unpaired) electrons. The fourth-order valence-electron chi connectivity index (χ4n) is 2.20. The second-order valence-electron chi connectivity index (χ2n) is 5.07. The van der Waals surface area contributed by atoms with Gasteiger partial charge in [-0.25, -0.2) is 4.98 Å². The first-order valence-electron chi connectivity index (χ1n) is 6.74. The summed E-state index contributed by atoms with van der Waals surface area (Å²) in [7, 11) is 0. The average molecular weight is 316 g/mol. The Morgan fingerprint density at radius 2 is 2.10 bits per heavy atom. The van der Waals surface area contributed by atoms with Crippen molar-refractivity contribution in [3.63, 3.8) is 0 Å². The Balaban J connectivity index is 1.72. The molecule has 0 saturated heterocycles. The highest BCUT2D eigenvalue weighted by Gasteiger charge is 2.06. The summed E-state index contributed by atoms with van der Waals surface area (Å²) in [6, 6.07) is 8.41. The van der Waals surface area contributed by atoms with Crippen LogP contribution in [0.4, 0.5) is 0 Å². The lowest BCUT2D eigenvalue weighted by atomic mass is 10.1. The van der Waals surface area contributed by atoms with E-state index in [0.717, 1.165) is 17.1 Å². The fourth-order valence-corrected chi connectivity index (χ4v) is 3.89. The number of nitrogens with zero attached hydrogens (tertiary/aromatic N) is 1. The van der Waals surface area contributed by atoms with Crippen molar-refractivity contribution in [2.45, 2.75) is 25.4 Å². The molecule has 0 atom stereocenters. The van der Waals surface area contributed by atoms with Gasteiger partial charge in [-0.05, 0) is 36.4 Å². The van der Waals surface area contributed by atoms with E-state index in [1.165, 1.54) is 28.0 Å². The molecule has 3 rings (SSSR count). The number of aromatic nitrogens is 2. The monoisotopic (exact) mass is 316 g/mol. The van der Waals surface area contributed by atoms with Crippen LogP contribution in [0.5, 0.6) is 0 Å². The summed E-state index contributed by atoms with van der Waals surface area (Å²) in [5, 5.41) is 1.90. The zero-order chi connectivity index (χ0) is 14.8. The Morgan fingerprint density at radius 1 is 1.24 bits per heavy atom. The van der Waals surface area contributed by atoms with Gasteiger partial charge in [0.1, 0.15) is 10.5 Å². The van der Waals surface area contributed by atoms with Crippen molar-refractivity contribution >= 4 is 33.3 Å². The number of fused-ring (bicyclic) bond motifs is 1. The van der Waals surface area contributed by atoms with Crippen LogP contribution >= 0.6 is 23.1 Å². The van der Waals surface area contributed by atoms with E-state index in [4.69, 9.17) is 0 Å². The molecule has 0 aliphatic carbocycles. The van der Waals surface area contributed by atoms with Crippen LogP contribution in [0.3, 0.4) is 0 Å². The zero-order valence-electron chi connectivity index (χ0n) is 12.0. The number of benzene rings is 1. The van der Waals surface area contributed by atoms with E-state index in [9.17, 15) is 4.79 Å². The van der Waals surface area contributed by atoms with Crippen LogP contribution < -0.4 is 5.56 Å². The molecule has 3 aromatic rings. The third kappa shape index (κ3) is 3.19. The van der Waals surface area contributed by atoms with Crippen molar-refractivity contribution < 1.29 is 0 Å². The van der Waals surface area contributed by atoms with Gasteiger partial charge in [0.25, 0.3) is 5.56 Å². The second-order valence-corrected chi connectivity index (χ2v) is 6.97. The Hall–Kier alpha value is -1.59. The molecular weight excluding hydrogens is 300 g/mol. The third-order valence-electron chi connectivity index (χ3n) is 3.36. The highest BCUT2D eigenvalue weighted by molar-refractivity contribution is 7.97. The number of aromatic amines is 1. The Labute approximate surface area is 131 Å². The number of hydrogen-bond acceptors (Lipinski definition) is 4. The van der Waals surface area contributed by atoms with E-state index < -0.39 is 0 Å². The first-order valence-corrected chi connectivity index (χ1v) is 8.77. The summed E-state index contributed by atoms with van der Waals surface area (Å²) in [5.41, 5.74) is 4.70. The molecule has 1 aromatic carbocycles. The molecular formula is C16H16N2OS2. The maximum Gasteiger partial charge on any atom is 0.268 e. The summed E-state index contributed by atoms with van der Waals surface area (Å²) in [5.74, 6) is 2.40. The molecule has 0 bridgehead atoms. The normalized spacial score (nSPS) is 11.1. The van der Waals surface area contributed by atoms with Gasteiger partial charge in [-0.3, -0.25) is 4.79 Å². The summed E-state index contributed by atoms with van der Waals surface area (Å²) < 4.78 is 0.707. The van der Waals surface area contributed by atoms with Gasteiger partial charge in [-0.15, -0.1) is 23.1 Å². The summed E-state index contributed by atoms with van der Waals surface area (Å²) >= 11 is 3.21. The molecule has 1 N–H and O–H groups in total. The van der Waals surface area contributed by atoms with E-state index in [1.54, 1.807) is 11.8 Å². The number of thiophene rings is 1. The zero-order valence-corrected chi connectivity index (χ0v) is 13.6. The van der Waals surface area contributed by atoms with Gasteiger partial charge in [-0.1, -0.05) is 23.8 Å². The lowest BCUT2D eigenvalue weighted by molar-refractivity contribution is 1.04. The maximum absolute atomic E-state index is 11.9. The predicted molar refractivity (Wildman–Crippen MR) is 91.2 cm³/mol. The fraction of sp³-hybridized carbons (Fsp3) is 0.250. The van der Waals surface area contributed by atoms with Crippen molar-refractivity contribution in [3.8, 4) is 0 Å². The molecule has 0 amide bonds. The first-order chi connectivity index (χ1) is 10.1. The van der Waals surface area contributed by atoms with E-state index in [2.05, 4.69) is 42.0 Å². The number of aryl methyl sites for hydroxylation is 2. The molecule has 21 heavy (non-hydrogen) atoms. The van der Waals surface area contributed by atoms with Crippen LogP contribution in [0.2, 0.25) is 0 Å². The molecule has 5 heteroatoms. The number of H-pyrrole nitrogens is 1. The van der Waals surface area contributed by atoms with Gasteiger partial charge >= 0.3 is 0 Å². The van der Waals surface area contributed by atoms with Gasteiger partial charge in [0.2, 0.25) is 0 Å². The summed E-state index contributed by atoms with van der Waals surface area (Å²) in [6.07, 6.45) is 0. The van der Waals surface area contributed by atoms with Crippen molar-refractivity contribution in [1.29, 1.82) is 0 Å². The molecule has 0 unspecified atom stereocenters. The largest absolute Gasteiger partial charge is 0.309 e. The highest BCUT2D eigenvalue weighted by Crippen LogP contribution is 2.21. The SMILES string of the molecule is Cc1ccc(C)c(CSCc2nc3ccsc3c(=O)[nH]2)c1. The van der Waals surface area contributed by atoms with Gasteiger partial charge < -0.3 is 4.98 Å². The first kappa shape index (κ1) is 14.4. The summed E-state index contributed by atoms with van der Waals surface area (Å²) in [4.78, 5) is 19.3. The minimum atomic E-state index is -0.0302. The maximum atomic E-state index is 11.9. The quantitative estimate of drug-likeness (QED) is 0.790. The van der Waals surface area contributed by atoms with E-state index >= 15 is 0 Å². The molecule has 0 aliphatic rings. The van der Waals surface area contributed by atoms with Gasteiger partial charge in [-0.2, -0.15) is 0 Å². The Kier molecular flexibility index (Phi) is 4.12. The second kappa shape index (κ2) is 6.03. The molecule has 0 aliphatic heterocycles. The molecule has 0 spiro atoms. The molecule has 3 nitrogen and oxygen atoms in total. The molecule has 0 fully saturated rings. The van der Waals surface area contributed by atoms with Crippen molar-refractivity contribution in [1.82, 2.24) is 9.97 Å². The Morgan fingerprint density at radius 3 is 2.95 bits per heavy atom. The Bertz CT molecular complexity index is 836. The molecule has 2 heterocycles. The van der Waals surface area contributed by atoms with E-state index in [1.807, 2.05) is 11.4 Å². The molecule has 2 aromatic heterocycles. The van der Waals surface area contributed by atoms with Crippen molar-refractivity contribution in [3.05, 3.63) is 62.5 Å². The average Bonchev–Trinajstić information content (AvgIpc) is 2.91. The standard InChI is InChI=1S/C16H16N2OS2/c1-10-3-4-11(2)12(7-10)8-20-9-14-17-13-5-6-21-15(13)16(19)18-14/h3-7H,8-9H2,1-2H3,(H,17,18,19). The molecule has 0 saturated carbocycles. The van der Waals surface area contributed by atoms with Gasteiger partial charge in [0.15, 0.2) is 0 Å². The lowest BCUT2D eigenvalue weighted by Crippen LogP contribution is -2.09. The van der Waals surface area contributed by atoms with Gasteiger partial charge in [0, 0.05) is 5.75 Å². The minimum Gasteiger partial charge on any atom is -0.309 e. The number of nitrogens with one attached hydrogen (secondary N) is 1. The predicted octanol–water partition coefficient (Wildman–Crippen LogP) is 4.03. The van der Waals surface area contributed by atoms with Crippen molar-refractivity contribution in [2.24, 2.45) is 0 Å². The summed E-state index contributed by atoms with van der Waals surface area (Å²) in [6.45, 7) is 4.24.